The van der Waals surface area contributed by atoms with Crippen LogP contribution in [-0.2, 0) is 20.2 Å². The first kappa shape index (κ1) is 17.3. The van der Waals surface area contributed by atoms with Gasteiger partial charge in [-0.25, -0.2) is 4.98 Å². The molecule has 0 atom stereocenters. The number of anilines is 2. The summed E-state index contributed by atoms with van der Waals surface area (Å²) in [7, 11) is -9.16. The highest BCUT2D eigenvalue weighted by molar-refractivity contribution is 7.86. The van der Waals surface area contributed by atoms with Crippen LogP contribution in [0, 0.1) is 0 Å². The number of nitrogens with one attached hydrogen (secondary N) is 1. The number of hydrazone groups is 1. The van der Waals surface area contributed by atoms with Crippen LogP contribution in [0.1, 0.15) is 5.56 Å². The van der Waals surface area contributed by atoms with Gasteiger partial charge >= 0.3 is 0 Å². The van der Waals surface area contributed by atoms with E-state index in [0.717, 1.165) is 35.8 Å². The first-order valence-electron chi connectivity index (χ1n) is 5.66. The second kappa shape index (κ2) is 6.21. The zero-order chi connectivity index (χ0) is 17.3. The van der Waals surface area contributed by atoms with Crippen molar-refractivity contribution in [2.24, 2.45) is 5.10 Å². The smallest absolute Gasteiger partial charge is 0.295 e. The number of aromatic nitrogens is 1. The van der Waals surface area contributed by atoms with Gasteiger partial charge in [-0.1, -0.05) is 0 Å². The largest absolute Gasteiger partial charge is 0.383 e. The van der Waals surface area contributed by atoms with E-state index in [1.165, 1.54) is 0 Å². The van der Waals surface area contributed by atoms with Crippen LogP contribution in [0.15, 0.2) is 38.5 Å². The molecule has 0 amide bonds. The standard InChI is InChI=1S/C10H10N4O6S3/c11-9-5-21-10(13-9)14-12-4-6-3-7(22(15,16)17)1-2-8(6)23(18,19)20/h1-5H,11H2,(H,13,14)(H,15,16,17)(H,18,19,20). The molecule has 13 heteroatoms. The van der Waals surface area contributed by atoms with Gasteiger partial charge in [-0.15, -0.1) is 11.3 Å². The van der Waals surface area contributed by atoms with Crippen molar-refractivity contribution in [3.8, 4) is 0 Å². The fraction of sp³-hybridized carbons (Fsp3) is 0. The lowest BCUT2D eigenvalue weighted by Crippen LogP contribution is -2.06. The van der Waals surface area contributed by atoms with Crippen LogP contribution in [0.25, 0.3) is 0 Å². The number of nitrogen functional groups attached to an aromatic ring is 1. The molecule has 0 bridgehead atoms. The minimum Gasteiger partial charge on any atom is -0.383 e. The molecule has 124 valence electrons. The van der Waals surface area contributed by atoms with Crippen molar-refractivity contribution in [3.63, 3.8) is 0 Å². The average Bonchev–Trinajstić information content (AvgIpc) is 2.82. The molecule has 0 aliphatic heterocycles. The van der Waals surface area contributed by atoms with E-state index in [1.54, 1.807) is 5.38 Å². The van der Waals surface area contributed by atoms with Crippen LogP contribution >= 0.6 is 11.3 Å². The van der Waals surface area contributed by atoms with E-state index < -0.39 is 30.0 Å². The molecule has 0 fully saturated rings. The Morgan fingerprint density at radius 2 is 1.91 bits per heavy atom. The van der Waals surface area contributed by atoms with Crippen molar-refractivity contribution in [2.75, 3.05) is 11.2 Å². The first-order chi connectivity index (χ1) is 10.6. The van der Waals surface area contributed by atoms with E-state index in [4.69, 9.17) is 14.8 Å². The highest BCUT2D eigenvalue weighted by atomic mass is 32.2. The minimum atomic E-state index is -4.62. The SMILES string of the molecule is Nc1csc(NN=Cc2cc(S(=O)(=O)O)ccc2S(=O)(=O)O)n1. The Balaban J connectivity index is 2.41. The molecule has 0 aliphatic rings. The van der Waals surface area contributed by atoms with Crippen LogP contribution in [0.5, 0.6) is 0 Å². The molecule has 1 aromatic carbocycles. The maximum atomic E-state index is 11.3. The molecule has 0 spiro atoms. The van der Waals surface area contributed by atoms with Gasteiger partial charge in [0.2, 0.25) is 5.13 Å². The summed E-state index contributed by atoms with van der Waals surface area (Å²) in [6, 6.07) is 2.52. The summed E-state index contributed by atoms with van der Waals surface area (Å²) in [4.78, 5) is 2.71. The van der Waals surface area contributed by atoms with Crippen LogP contribution < -0.4 is 11.2 Å². The predicted octanol–water partition coefficient (Wildman–Crippen LogP) is 0.665. The van der Waals surface area contributed by atoms with Crippen molar-refractivity contribution in [1.82, 2.24) is 4.98 Å². The average molecular weight is 378 g/mol. The summed E-state index contributed by atoms with van der Waals surface area (Å²) in [6.45, 7) is 0. The second-order valence-electron chi connectivity index (χ2n) is 4.10. The van der Waals surface area contributed by atoms with Gasteiger partial charge in [-0.2, -0.15) is 21.9 Å². The van der Waals surface area contributed by atoms with Gasteiger partial charge in [0, 0.05) is 10.9 Å². The van der Waals surface area contributed by atoms with Gasteiger partial charge in [0.1, 0.15) is 10.7 Å². The van der Waals surface area contributed by atoms with E-state index in [2.05, 4.69) is 15.5 Å². The quantitative estimate of drug-likeness (QED) is 0.331. The molecule has 10 nitrogen and oxygen atoms in total. The molecule has 23 heavy (non-hydrogen) atoms. The molecule has 0 aliphatic carbocycles. The molecule has 1 aromatic heterocycles. The molecule has 0 saturated carbocycles. The van der Waals surface area contributed by atoms with Crippen molar-refractivity contribution < 1.29 is 25.9 Å². The van der Waals surface area contributed by atoms with Crippen LogP contribution in [-0.4, -0.2) is 37.1 Å². The number of nitrogens with zero attached hydrogens (tertiary/aromatic N) is 2. The molecule has 0 saturated heterocycles. The molecular weight excluding hydrogens is 368 g/mol. The zero-order valence-corrected chi connectivity index (χ0v) is 13.6. The normalized spacial score (nSPS) is 12.6. The molecule has 2 aromatic rings. The van der Waals surface area contributed by atoms with Gasteiger partial charge in [-0.05, 0) is 18.2 Å². The van der Waals surface area contributed by atoms with E-state index in [-0.39, 0.29) is 11.4 Å². The summed E-state index contributed by atoms with van der Waals surface area (Å²) in [5.41, 5.74) is 7.62. The highest BCUT2D eigenvalue weighted by Gasteiger charge is 2.18. The third-order valence-electron chi connectivity index (χ3n) is 2.44. The number of benzene rings is 1. The Morgan fingerprint density at radius 3 is 2.43 bits per heavy atom. The van der Waals surface area contributed by atoms with E-state index >= 15 is 0 Å². The van der Waals surface area contributed by atoms with Crippen LogP contribution in [0.3, 0.4) is 0 Å². The Labute approximate surface area is 135 Å². The van der Waals surface area contributed by atoms with Crippen LogP contribution in [0.4, 0.5) is 10.9 Å². The summed E-state index contributed by atoms with van der Waals surface area (Å²) >= 11 is 1.14. The van der Waals surface area contributed by atoms with Gasteiger partial charge in [0.15, 0.2) is 0 Å². The Kier molecular flexibility index (Phi) is 4.67. The Morgan fingerprint density at radius 1 is 1.22 bits per heavy atom. The second-order valence-corrected chi connectivity index (χ2v) is 7.77. The zero-order valence-electron chi connectivity index (χ0n) is 11.1. The summed E-state index contributed by atoms with van der Waals surface area (Å²) < 4.78 is 62.9. The number of nitrogens with two attached hydrogens (primary N) is 1. The first-order valence-corrected chi connectivity index (χ1v) is 9.42. The number of hydrogen-bond acceptors (Lipinski definition) is 9. The summed E-state index contributed by atoms with van der Waals surface area (Å²) in [6.07, 6.45) is 0.954. The Bertz CT molecular complexity index is 964. The molecule has 1 heterocycles. The van der Waals surface area contributed by atoms with Crippen molar-refractivity contribution >= 4 is 48.7 Å². The molecular formula is C10H10N4O6S3. The molecule has 0 unspecified atom stereocenters. The minimum absolute atomic E-state index is 0.250. The predicted molar refractivity (Wildman–Crippen MR) is 83.8 cm³/mol. The molecule has 0 radical (unpaired) electrons. The number of rotatable bonds is 5. The lowest BCUT2D eigenvalue weighted by atomic mass is 10.2. The van der Waals surface area contributed by atoms with Crippen LogP contribution in [0.2, 0.25) is 0 Å². The van der Waals surface area contributed by atoms with E-state index in [9.17, 15) is 16.8 Å². The Hall–Kier alpha value is -2.06. The number of thiazole rings is 1. The number of hydrogen-bond donors (Lipinski definition) is 4. The lowest BCUT2D eigenvalue weighted by Gasteiger charge is -2.04. The third kappa shape index (κ3) is 4.46. The monoisotopic (exact) mass is 378 g/mol. The maximum absolute atomic E-state index is 11.3. The fourth-order valence-electron chi connectivity index (χ4n) is 1.52. The lowest BCUT2D eigenvalue weighted by molar-refractivity contribution is 0.478. The summed E-state index contributed by atoms with van der Waals surface area (Å²) in [5.74, 6) is 0.264. The summed E-state index contributed by atoms with van der Waals surface area (Å²) in [5, 5.41) is 5.55. The van der Waals surface area contributed by atoms with Crippen molar-refractivity contribution in [1.29, 1.82) is 0 Å². The molecule has 5 N–H and O–H groups in total. The maximum Gasteiger partial charge on any atom is 0.295 e. The van der Waals surface area contributed by atoms with Crippen molar-refractivity contribution in [3.05, 3.63) is 29.1 Å². The van der Waals surface area contributed by atoms with Gasteiger partial charge in [-0.3, -0.25) is 14.5 Å². The van der Waals surface area contributed by atoms with Crippen molar-refractivity contribution in [2.45, 2.75) is 9.79 Å². The molecule has 2 rings (SSSR count). The van der Waals surface area contributed by atoms with Gasteiger partial charge in [0.25, 0.3) is 20.2 Å². The fourth-order valence-corrected chi connectivity index (χ4v) is 3.23. The third-order valence-corrected chi connectivity index (χ3v) is 4.99. The van der Waals surface area contributed by atoms with Gasteiger partial charge in [0.05, 0.1) is 11.1 Å². The van der Waals surface area contributed by atoms with Gasteiger partial charge < -0.3 is 5.73 Å². The highest BCUT2D eigenvalue weighted by Crippen LogP contribution is 2.20. The van der Waals surface area contributed by atoms with E-state index in [0.29, 0.717) is 5.13 Å². The topological polar surface area (TPSA) is 172 Å². The van der Waals surface area contributed by atoms with E-state index in [1.807, 2.05) is 0 Å².